The van der Waals surface area contributed by atoms with Crippen LogP contribution in [-0.4, -0.2) is 48.5 Å². The fourth-order valence-corrected chi connectivity index (χ4v) is 2.35. The molecule has 1 aliphatic rings. The molecule has 1 amide bonds. The molecule has 0 atom stereocenters. The monoisotopic (exact) mass is 280 g/mol. The van der Waals surface area contributed by atoms with Crippen molar-refractivity contribution in [2.45, 2.75) is 19.8 Å². The summed E-state index contributed by atoms with van der Waals surface area (Å²) in [6.45, 7) is 6.14. The Bertz CT molecular complexity index is 460. The van der Waals surface area contributed by atoms with Gasteiger partial charge in [0, 0.05) is 19.6 Å². The molecule has 2 N–H and O–H groups in total. The molecule has 1 saturated heterocycles. The quantitative estimate of drug-likeness (QED) is 0.828. The highest BCUT2D eigenvalue weighted by molar-refractivity contribution is 5.98. The number of aromatic nitrogens is 1. The van der Waals surface area contributed by atoms with Crippen LogP contribution in [-0.2, 0) is 0 Å². The van der Waals surface area contributed by atoms with E-state index in [-0.39, 0.29) is 11.5 Å². The number of carbonyl (C=O) groups excluding carboxylic acids is 1. The van der Waals surface area contributed by atoms with Crippen LogP contribution in [0, 0.1) is 5.82 Å². The summed E-state index contributed by atoms with van der Waals surface area (Å²) in [4.78, 5) is 18.3. The molecule has 1 fully saturated rings. The Labute approximate surface area is 118 Å². The minimum Gasteiger partial charge on any atom is -0.370 e. The zero-order chi connectivity index (χ0) is 14.4. The van der Waals surface area contributed by atoms with Gasteiger partial charge in [0.05, 0.1) is 11.8 Å². The number of pyridine rings is 1. The predicted molar refractivity (Wildman–Crippen MR) is 76.4 cm³/mol. The number of carbonyl (C=O) groups is 1. The van der Waals surface area contributed by atoms with E-state index in [1.165, 1.54) is 18.9 Å². The van der Waals surface area contributed by atoms with Crippen LogP contribution in [0.4, 0.5) is 10.2 Å². The molecule has 110 valence electrons. The second-order valence-electron chi connectivity index (χ2n) is 4.88. The summed E-state index contributed by atoms with van der Waals surface area (Å²) in [6, 6.07) is 1.22. The van der Waals surface area contributed by atoms with Crippen molar-refractivity contribution in [2.75, 3.05) is 38.0 Å². The number of nitrogens with one attached hydrogen (secondary N) is 2. The Kier molecular flexibility index (Phi) is 5.29. The molecule has 2 rings (SSSR count). The molecule has 5 nitrogen and oxygen atoms in total. The van der Waals surface area contributed by atoms with E-state index in [1.54, 1.807) is 0 Å². The normalized spacial score (nSPS) is 15.3. The molecule has 2 heterocycles. The minimum atomic E-state index is -0.503. The van der Waals surface area contributed by atoms with Crippen LogP contribution >= 0.6 is 0 Å². The van der Waals surface area contributed by atoms with Crippen LogP contribution in [0.3, 0.4) is 0 Å². The molecule has 0 aliphatic carbocycles. The van der Waals surface area contributed by atoms with Gasteiger partial charge in [0.1, 0.15) is 11.6 Å². The van der Waals surface area contributed by atoms with Crippen molar-refractivity contribution in [3.63, 3.8) is 0 Å². The van der Waals surface area contributed by atoms with Crippen molar-refractivity contribution < 1.29 is 9.18 Å². The zero-order valence-electron chi connectivity index (χ0n) is 11.8. The molecular formula is C14H21FN4O. The van der Waals surface area contributed by atoms with Gasteiger partial charge >= 0.3 is 0 Å². The molecule has 6 heteroatoms. The number of hydrogen-bond acceptors (Lipinski definition) is 4. The van der Waals surface area contributed by atoms with E-state index in [9.17, 15) is 9.18 Å². The summed E-state index contributed by atoms with van der Waals surface area (Å²) in [7, 11) is 0. The van der Waals surface area contributed by atoms with Gasteiger partial charge < -0.3 is 15.5 Å². The van der Waals surface area contributed by atoms with Crippen molar-refractivity contribution >= 4 is 11.7 Å². The van der Waals surface area contributed by atoms with E-state index >= 15 is 0 Å². The number of anilines is 1. The van der Waals surface area contributed by atoms with Gasteiger partial charge in [-0.05, 0) is 38.9 Å². The minimum absolute atomic E-state index is 0.258. The lowest BCUT2D eigenvalue weighted by Crippen LogP contribution is -2.34. The molecule has 0 radical (unpaired) electrons. The number of nitrogens with zero attached hydrogens (tertiary/aromatic N) is 2. The Balaban J connectivity index is 1.91. The molecule has 0 aromatic carbocycles. The molecule has 1 aromatic rings. The lowest BCUT2D eigenvalue weighted by atomic mass is 10.2. The Hall–Kier alpha value is -1.69. The second-order valence-corrected chi connectivity index (χ2v) is 4.88. The fourth-order valence-electron chi connectivity index (χ4n) is 2.35. The third-order valence-electron chi connectivity index (χ3n) is 3.36. The molecule has 20 heavy (non-hydrogen) atoms. The number of hydrogen-bond donors (Lipinski definition) is 2. The maximum absolute atomic E-state index is 13.2. The van der Waals surface area contributed by atoms with Crippen LogP contribution in [0.25, 0.3) is 0 Å². The van der Waals surface area contributed by atoms with Crippen LogP contribution in [0.1, 0.15) is 30.1 Å². The van der Waals surface area contributed by atoms with Crippen LogP contribution in [0.5, 0.6) is 0 Å². The number of likely N-dealkylation sites (tertiary alicyclic amines) is 1. The van der Waals surface area contributed by atoms with E-state index < -0.39 is 5.82 Å². The van der Waals surface area contributed by atoms with Crippen LogP contribution in [0.15, 0.2) is 12.3 Å². The number of halogens is 1. The highest BCUT2D eigenvalue weighted by Crippen LogP contribution is 2.13. The standard InChI is InChI=1S/C14H21FN4O/c1-2-16-13-12(9-11(15)10-18-13)14(20)17-5-8-19-6-3-4-7-19/h9-10H,2-8H2,1H3,(H,16,18)(H,17,20). The van der Waals surface area contributed by atoms with Crippen molar-refractivity contribution in [2.24, 2.45) is 0 Å². The van der Waals surface area contributed by atoms with Crippen molar-refractivity contribution in [3.8, 4) is 0 Å². The summed E-state index contributed by atoms with van der Waals surface area (Å²) in [5.41, 5.74) is 0.258. The topological polar surface area (TPSA) is 57.3 Å². The lowest BCUT2D eigenvalue weighted by molar-refractivity contribution is 0.0950. The van der Waals surface area contributed by atoms with E-state index in [0.717, 1.165) is 25.8 Å². The van der Waals surface area contributed by atoms with Gasteiger partial charge in [0.25, 0.3) is 5.91 Å². The molecule has 0 unspecified atom stereocenters. The second kappa shape index (κ2) is 7.19. The summed E-state index contributed by atoms with van der Waals surface area (Å²) >= 11 is 0. The van der Waals surface area contributed by atoms with E-state index in [2.05, 4.69) is 20.5 Å². The summed E-state index contributed by atoms with van der Waals surface area (Å²) in [5, 5.41) is 5.79. The van der Waals surface area contributed by atoms with Crippen molar-refractivity contribution in [1.29, 1.82) is 0 Å². The maximum atomic E-state index is 13.2. The molecule has 0 bridgehead atoms. The predicted octanol–water partition coefficient (Wildman–Crippen LogP) is 1.48. The highest BCUT2D eigenvalue weighted by Gasteiger charge is 2.15. The van der Waals surface area contributed by atoms with E-state index in [1.807, 2.05) is 6.92 Å². The van der Waals surface area contributed by atoms with Gasteiger partial charge in [-0.15, -0.1) is 0 Å². The first-order chi connectivity index (χ1) is 9.70. The van der Waals surface area contributed by atoms with Gasteiger partial charge in [-0.25, -0.2) is 9.37 Å². The first-order valence-corrected chi connectivity index (χ1v) is 7.10. The average molecular weight is 280 g/mol. The van der Waals surface area contributed by atoms with E-state index in [4.69, 9.17) is 0 Å². The van der Waals surface area contributed by atoms with E-state index in [0.29, 0.717) is 18.9 Å². The molecule has 0 saturated carbocycles. The number of amides is 1. The van der Waals surface area contributed by atoms with Gasteiger partial charge in [0.15, 0.2) is 0 Å². The van der Waals surface area contributed by atoms with Crippen molar-refractivity contribution in [3.05, 3.63) is 23.6 Å². The Morgan fingerprint density at radius 3 is 2.90 bits per heavy atom. The Morgan fingerprint density at radius 2 is 2.20 bits per heavy atom. The first-order valence-electron chi connectivity index (χ1n) is 7.10. The molecule has 1 aliphatic heterocycles. The summed E-state index contributed by atoms with van der Waals surface area (Å²) < 4.78 is 13.2. The number of rotatable bonds is 6. The highest BCUT2D eigenvalue weighted by atomic mass is 19.1. The SMILES string of the molecule is CCNc1ncc(F)cc1C(=O)NCCN1CCCC1. The van der Waals surface area contributed by atoms with Gasteiger partial charge in [-0.3, -0.25) is 4.79 Å². The Morgan fingerprint density at radius 1 is 1.45 bits per heavy atom. The average Bonchev–Trinajstić information content (AvgIpc) is 2.94. The first kappa shape index (κ1) is 14.7. The molecular weight excluding hydrogens is 259 g/mol. The van der Waals surface area contributed by atoms with Crippen molar-refractivity contribution in [1.82, 2.24) is 15.2 Å². The van der Waals surface area contributed by atoms with Crippen LogP contribution in [0.2, 0.25) is 0 Å². The third-order valence-corrected chi connectivity index (χ3v) is 3.36. The van der Waals surface area contributed by atoms with Gasteiger partial charge in [-0.2, -0.15) is 0 Å². The smallest absolute Gasteiger partial charge is 0.255 e. The zero-order valence-corrected chi connectivity index (χ0v) is 11.8. The molecule has 0 spiro atoms. The summed E-state index contributed by atoms with van der Waals surface area (Å²) in [5.74, 6) is -0.365. The van der Waals surface area contributed by atoms with Crippen LogP contribution < -0.4 is 10.6 Å². The lowest BCUT2D eigenvalue weighted by Gasteiger charge is -2.15. The fraction of sp³-hybridized carbons (Fsp3) is 0.571. The maximum Gasteiger partial charge on any atom is 0.255 e. The van der Waals surface area contributed by atoms with Gasteiger partial charge in [0.2, 0.25) is 0 Å². The molecule has 1 aromatic heterocycles. The largest absolute Gasteiger partial charge is 0.370 e. The van der Waals surface area contributed by atoms with Gasteiger partial charge in [-0.1, -0.05) is 0 Å². The third kappa shape index (κ3) is 3.90. The summed E-state index contributed by atoms with van der Waals surface area (Å²) in [6.07, 6.45) is 3.57.